The van der Waals surface area contributed by atoms with Crippen molar-refractivity contribution in [1.29, 1.82) is 0 Å². The molecule has 0 aromatic carbocycles. The number of anilines is 1. The summed E-state index contributed by atoms with van der Waals surface area (Å²) < 4.78 is 0.800. The zero-order valence-corrected chi connectivity index (χ0v) is 12.2. The highest BCUT2D eigenvalue weighted by molar-refractivity contribution is 9.10. The van der Waals surface area contributed by atoms with Crippen LogP contribution in [0.25, 0.3) is 0 Å². The molecule has 1 saturated heterocycles. The van der Waals surface area contributed by atoms with Crippen molar-refractivity contribution in [2.24, 2.45) is 0 Å². The Balaban J connectivity index is 2.04. The molecular weight excluding hydrogens is 324 g/mol. The van der Waals surface area contributed by atoms with Crippen LogP contribution in [0.4, 0.5) is 5.69 Å². The number of rotatable bonds is 2. The molecule has 1 aromatic rings. The minimum Gasteiger partial charge on any atom is -0.322 e. The average Bonchev–Trinajstić information content (AvgIpc) is 2.35. The van der Waals surface area contributed by atoms with Gasteiger partial charge in [-0.2, -0.15) is 0 Å². The summed E-state index contributed by atoms with van der Waals surface area (Å²) in [6, 6.07) is 1.76. The number of nitrogens with one attached hydrogen (secondary N) is 1. The molecule has 0 aliphatic carbocycles. The number of pyridine rings is 1. The molecule has 1 N–H and O–H groups in total. The van der Waals surface area contributed by atoms with Gasteiger partial charge in [0.05, 0.1) is 10.9 Å². The van der Waals surface area contributed by atoms with Crippen LogP contribution in [0.15, 0.2) is 16.7 Å². The van der Waals surface area contributed by atoms with Crippen LogP contribution in [-0.4, -0.2) is 21.9 Å². The molecule has 92 valence electrons. The van der Waals surface area contributed by atoms with Gasteiger partial charge in [-0.05, 0) is 40.6 Å². The summed E-state index contributed by atoms with van der Waals surface area (Å²) in [6.07, 6.45) is 4.87. The molecule has 17 heavy (non-hydrogen) atoms. The Morgan fingerprint density at radius 2 is 2.41 bits per heavy atom. The van der Waals surface area contributed by atoms with Crippen LogP contribution in [0.1, 0.15) is 19.3 Å². The molecule has 2 heterocycles. The van der Waals surface area contributed by atoms with E-state index in [1.165, 1.54) is 6.42 Å². The normalized spacial score (nSPS) is 20.0. The predicted octanol–water partition coefficient (Wildman–Crippen LogP) is 3.72. The van der Waals surface area contributed by atoms with Gasteiger partial charge in [0, 0.05) is 10.7 Å². The van der Waals surface area contributed by atoms with Gasteiger partial charge in [0.2, 0.25) is 5.91 Å². The highest BCUT2D eigenvalue weighted by Crippen LogP contribution is 2.28. The molecule has 1 aromatic heterocycles. The molecule has 1 amide bonds. The highest BCUT2D eigenvalue weighted by Gasteiger charge is 2.22. The second-order valence-corrected chi connectivity index (χ2v) is 6.42. The van der Waals surface area contributed by atoms with Crippen molar-refractivity contribution in [2.75, 3.05) is 11.1 Å². The first-order chi connectivity index (χ1) is 8.16. The van der Waals surface area contributed by atoms with E-state index < -0.39 is 0 Å². The number of aromatic nitrogens is 1. The Bertz CT molecular complexity index is 424. The van der Waals surface area contributed by atoms with Crippen molar-refractivity contribution in [1.82, 2.24) is 4.98 Å². The van der Waals surface area contributed by atoms with Crippen LogP contribution < -0.4 is 5.32 Å². The van der Waals surface area contributed by atoms with Gasteiger partial charge in [0.15, 0.2) is 5.15 Å². The van der Waals surface area contributed by atoms with Crippen molar-refractivity contribution in [2.45, 2.75) is 24.5 Å². The van der Waals surface area contributed by atoms with Crippen molar-refractivity contribution in [3.63, 3.8) is 0 Å². The molecular formula is C11H12BrClN2OS. The third kappa shape index (κ3) is 3.60. The first-order valence-electron chi connectivity index (χ1n) is 5.40. The minimum atomic E-state index is 0.0245. The molecule has 1 aliphatic heterocycles. The van der Waals surface area contributed by atoms with E-state index in [1.807, 2.05) is 0 Å². The number of hydrogen-bond acceptors (Lipinski definition) is 3. The molecule has 0 spiro atoms. The SMILES string of the molecule is O=C(Nc1cc(Br)cnc1Cl)C1CCCCS1. The molecule has 1 aliphatic rings. The zero-order chi connectivity index (χ0) is 12.3. The summed E-state index contributed by atoms with van der Waals surface area (Å²) in [5.74, 6) is 1.08. The maximum Gasteiger partial charge on any atom is 0.237 e. The van der Waals surface area contributed by atoms with Crippen LogP contribution in [0.5, 0.6) is 0 Å². The second-order valence-electron chi connectivity index (χ2n) is 3.84. The topological polar surface area (TPSA) is 42.0 Å². The Labute approximate surface area is 118 Å². The van der Waals surface area contributed by atoms with Gasteiger partial charge >= 0.3 is 0 Å². The van der Waals surface area contributed by atoms with Gasteiger partial charge in [-0.1, -0.05) is 18.0 Å². The van der Waals surface area contributed by atoms with E-state index >= 15 is 0 Å². The fraction of sp³-hybridized carbons (Fsp3) is 0.455. The summed E-state index contributed by atoms with van der Waals surface area (Å²) in [5, 5.41) is 3.20. The highest BCUT2D eigenvalue weighted by atomic mass is 79.9. The lowest BCUT2D eigenvalue weighted by molar-refractivity contribution is -0.115. The van der Waals surface area contributed by atoms with E-state index in [0.717, 1.165) is 23.1 Å². The van der Waals surface area contributed by atoms with E-state index in [0.29, 0.717) is 10.8 Å². The van der Waals surface area contributed by atoms with Gasteiger partial charge < -0.3 is 5.32 Å². The smallest absolute Gasteiger partial charge is 0.237 e. The van der Waals surface area contributed by atoms with Gasteiger partial charge in [-0.3, -0.25) is 4.79 Å². The summed E-state index contributed by atoms with van der Waals surface area (Å²) in [6.45, 7) is 0. The third-order valence-electron chi connectivity index (χ3n) is 2.54. The van der Waals surface area contributed by atoms with E-state index in [1.54, 1.807) is 24.0 Å². The van der Waals surface area contributed by atoms with Crippen molar-refractivity contribution in [3.8, 4) is 0 Å². The molecule has 3 nitrogen and oxygen atoms in total. The Hall–Kier alpha value is -0.260. The van der Waals surface area contributed by atoms with Crippen molar-refractivity contribution in [3.05, 3.63) is 21.9 Å². The Morgan fingerprint density at radius 1 is 1.59 bits per heavy atom. The summed E-state index contributed by atoms with van der Waals surface area (Å²) in [4.78, 5) is 16.0. The number of amides is 1. The van der Waals surface area contributed by atoms with Gasteiger partial charge in [-0.15, -0.1) is 11.8 Å². The largest absolute Gasteiger partial charge is 0.322 e. The number of carbonyl (C=O) groups excluding carboxylic acids is 1. The van der Waals surface area contributed by atoms with Crippen molar-refractivity contribution >= 4 is 50.9 Å². The van der Waals surface area contributed by atoms with Crippen LogP contribution in [0, 0.1) is 0 Å². The molecule has 0 bridgehead atoms. The predicted molar refractivity (Wildman–Crippen MR) is 75.7 cm³/mol. The lowest BCUT2D eigenvalue weighted by atomic mass is 10.2. The standard InChI is InChI=1S/C11H12BrClN2OS/c12-7-5-8(10(13)14-6-7)15-11(16)9-3-1-2-4-17-9/h5-6,9H,1-4H2,(H,15,16). The van der Waals surface area contributed by atoms with Crippen molar-refractivity contribution < 1.29 is 4.79 Å². The number of hydrogen-bond donors (Lipinski definition) is 1. The first-order valence-corrected chi connectivity index (χ1v) is 7.62. The molecule has 0 saturated carbocycles. The van der Waals surface area contributed by atoms with Gasteiger partial charge in [0.25, 0.3) is 0 Å². The zero-order valence-electron chi connectivity index (χ0n) is 9.08. The van der Waals surface area contributed by atoms with E-state index in [-0.39, 0.29) is 11.2 Å². The average molecular weight is 336 g/mol. The number of thioether (sulfide) groups is 1. The molecule has 1 atom stereocenters. The van der Waals surface area contributed by atoms with E-state index in [9.17, 15) is 4.79 Å². The molecule has 6 heteroatoms. The van der Waals surface area contributed by atoms with E-state index in [2.05, 4.69) is 26.2 Å². The van der Waals surface area contributed by atoms with Gasteiger partial charge in [-0.25, -0.2) is 4.98 Å². The second kappa shape index (κ2) is 6.07. The molecule has 2 rings (SSSR count). The fourth-order valence-corrected chi connectivity index (χ4v) is 3.35. The first kappa shape index (κ1) is 13.2. The van der Waals surface area contributed by atoms with Crippen LogP contribution in [-0.2, 0) is 4.79 Å². The summed E-state index contributed by atoms with van der Waals surface area (Å²) in [5.41, 5.74) is 0.567. The minimum absolute atomic E-state index is 0.0245. The molecule has 1 unspecified atom stereocenters. The van der Waals surface area contributed by atoms with Gasteiger partial charge in [0.1, 0.15) is 0 Å². The number of nitrogens with zero attached hydrogens (tertiary/aromatic N) is 1. The lowest BCUT2D eigenvalue weighted by Gasteiger charge is -2.20. The summed E-state index contributed by atoms with van der Waals surface area (Å²) >= 11 is 10.9. The Morgan fingerprint density at radius 3 is 3.12 bits per heavy atom. The monoisotopic (exact) mass is 334 g/mol. The summed E-state index contributed by atoms with van der Waals surface area (Å²) in [7, 11) is 0. The quantitative estimate of drug-likeness (QED) is 0.838. The van der Waals surface area contributed by atoms with Crippen LogP contribution >= 0.6 is 39.3 Å². The third-order valence-corrected chi connectivity index (χ3v) is 4.65. The lowest BCUT2D eigenvalue weighted by Crippen LogP contribution is -2.27. The maximum absolute atomic E-state index is 12.0. The van der Waals surface area contributed by atoms with E-state index in [4.69, 9.17) is 11.6 Å². The molecule has 1 fully saturated rings. The number of carbonyl (C=O) groups is 1. The fourth-order valence-electron chi connectivity index (χ4n) is 1.67. The molecule has 0 radical (unpaired) electrons. The Kier molecular flexibility index (Phi) is 4.70. The number of halogens is 2. The van der Waals surface area contributed by atoms with Crippen LogP contribution in [0.2, 0.25) is 5.15 Å². The maximum atomic E-state index is 12.0. The van der Waals surface area contributed by atoms with Crippen LogP contribution in [0.3, 0.4) is 0 Å².